The summed E-state index contributed by atoms with van der Waals surface area (Å²) in [6, 6.07) is 0.0416. The van der Waals surface area contributed by atoms with Gasteiger partial charge in [-0.2, -0.15) is 0 Å². The number of ether oxygens (including phenoxy) is 1. The summed E-state index contributed by atoms with van der Waals surface area (Å²) >= 11 is 0. The molecule has 0 saturated carbocycles. The van der Waals surface area contributed by atoms with Crippen LogP contribution in [0.3, 0.4) is 0 Å². The quantitative estimate of drug-likeness (QED) is 0.629. The van der Waals surface area contributed by atoms with E-state index in [4.69, 9.17) is 9.15 Å². The van der Waals surface area contributed by atoms with Crippen LogP contribution in [0.4, 0.5) is 4.79 Å². The molecule has 1 aromatic heterocycles. The Bertz CT molecular complexity index is 628. The van der Waals surface area contributed by atoms with Crippen molar-refractivity contribution in [3.05, 3.63) is 17.3 Å². The van der Waals surface area contributed by atoms with Crippen LogP contribution in [0.1, 0.15) is 51.5 Å². The maximum absolute atomic E-state index is 11.9. The fraction of sp³-hybridized carbons (Fsp3) is 0.722. The molecule has 0 aromatic carbocycles. The van der Waals surface area contributed by atoms with Crippen molar-refractivity contribution in [2.75, 3.05) is 19.6 Å². The van der Waals surface area contributed by atoms with Crippen LogP contribution in [0.2, 0.25) is 0 Å². The van der Waals surface area contributed by atoms with Crippen LogP contribution in [-0.2, 0) is 11.3 Å². The van der Waals surface area contributed by atoms with Crippen LogP contribution in [-0.4, -0.2) is 53.2 Å². The van der Waals surface area contributed by atoms with Gasteiger partial charge in [0.1, 0.15) is 17.9 Å². The zero-order valence-corrected chi connectivity index (χ0v) is 16.7. The van der Waals surface area contributed by atoms with E-state index < -0.39 is 5.60 Å². The number of nitrogens with one attached hydrogen (secondary N) is 2. The van der Waals surface area contributed by atoms with Crippen molar-refractivity contribution in [3.8, 4) is 0 Å². The fourth-order valence-corrected chi connectivity index (χ4v) is 2.72. The van der Waals surface area contributed by atoms with Gasteiger partial charge >= 0.3 is 6.09 Å². The number of guanidine groups is 1. The molecule has 0 aliphatic carbocycles. The van der Waals surface area contributed by atoms with Gasteiger partial charge in [0.2, 0.25) is 5.89 Å². The fourth-order valence-electron chi connectivity index (χ4n) is 2.72. The van der Waals surface area contributed by atoms with Gasteiger partial charge in [0.05, 0.1) is 11.7 Å². The lowest BCUT2D eigenvalue weighted by Gasteiger charge is -2.23. The largest absolute Gasteiger partial charge is 0.444 e. The molecule has 8 heteroatoms. The molecule has 0 spiro atoms. The molecule has 26 heavy (non-hydrogen) atoms. The molecule has 1 atom stereocenters. The summed E-state index contributed by atoms with van der Waals surface area (Å²) in [5, 5.41) is 6.22. The smallest absolute Gasteiger partial charge is 0.407 e. The van der Waals surface area contributed by atoms with Gasteiger partial charge in [0.25, 0.3) is 0 Å². The van der Waals surface area contributed by atoms with E-state index in [1.165, 1.54) is 0 Å². The molecule has 1 fully saturated rings. The Labute approximate surface area is 155 Å². The topological polar surface area (TPSA) is 92.0 Å². The van der Waals surface area contributed by atoms with Gasteiger partial charge in [0.15, 0.2) is 5.96 Å². The molecular formula is C18H31N5O3. The van der Waals surface area contributed by atoms with Crippen molar-refractivity contribution in [2.45, 2.75) is 66.2 Å². The standard InChI is InChI=1S/C18H31N5O3/c1-7-19-16(20-10-15-21-12(2)13(3)25-15)23-9-8-14(11-23)22-17(24)26-18(4,5)6/h14H,7-11H2,1-6H3,(H,19,20)(H,22,24). The second-order valence-electron chi connectivity index (χ2n) is 7.50. The van der Waals surface area contributed by atoms with Gasteiger partial charge in [-0.1, -0.05) is 0 Å². The Kier molecular flexibility index (Phi) is 6.50. The number of oxazole rings is 1. The highest BCUT2D eigenvalue weighted by atomic mass is 16.6. The van der Waals surface area contributed by atoms with Crippen LogP contribution in [0.25, 0.3) is 0 Å². The maximum Gasteiger partial charge on any atom is 0.407 e. The molecule has 0 bridgehead atoms. The average Bonchev–Trinajstić information content (AvgIpc) is 3.09. The SMILES string of the molecule is CCNC(=NCc1nc(C)c(C)o1)N1CCC(NC(=O)OC(C)(C)C)C1. The molecule has 1 aromatic rings. The number of aryl methyl sites for hydroxylation is 2. The van der Waals surface area contributed by atoms with Crippen LogP contribution < -0.4 is 10.6 Å². The first-order chi connectivity index (χ1) is 12.2. The molecule has 8 nitrogen and oxygen atoms in total. The van der Waals surface area contributed by atoms with Gasteiger partial charge in [0, 0.05) is 19.6 Å². The van der Waals surface area contributed by atoms with Crippen molar-refractivity contribution in [3.63, 3.8) is 0 Å². The highest BCUT2D eigenvalue weighted by Crippen LogP contribution is 2.13. The van der Waals surface area contributed by atoms with Gasteiger partial charge in [-0.3, -0.25) is 0 Å². The van der Waals surface area contributed by atoms with Crippen LogP contribution in [0.5, 0.6) is 0 Å². The highest BCUT2D eigenvalue weighted by Gasteiger charge is 2.27. The lowest BCUT2D eigenvalue weighted by Crippen LogP contribution is -2.44. The Morgan fingerprint density at radius 3 is 2.73 bits per heavy atom. The predicted molar refractivity (Wildman–Crippen MR) is 100 cm³/mol. The molecular weight excluding hydrogens is 334 g/mol. The minimum absolute atomic E-state index is 0.0416. The molecule has 0 radical (unpaired) electrons. The summed E-state index contributed by atoms with van der Waals surface area (Å²) in [7, 11) is 0. The average molecular weight is 365 g/mol. The molecule has 1 saturated heterocycles. The van der Waals surface area contributed by atoms with Crippen molar-refractivity contribution < 1.29 is 13.9 Å². The Balaban J connectivity index is 1.93. The number of nitrogens with zero attached hydrogens (tertiary/aromatic N) is 3. The monoisotopic (exact) mass is 365 g/mol. The van der Waals surface area contributed by atoms with Gasteiger partial charge < -0.3 is 24.7 Å². The third kappa shape index (κ3) is 5.93. The second kappa shape index (κ2) is 8.42. The number of hydrogen-bond donors (Lipinski definition) is 2. The molecule has 1 amide bonds. The first-order valence-electron chi connectivity index (χ1n) is 9.13. The minimum Gasteiger partial charge on any atom is -0.444 e. The van der Waals surface area contributed by atoms with E-state index in [2.05, 4.69) is 25.5 Å². The molecule has 1 aliphatic rings. The number of aromatic nitrogens is 1. The van der Waals surface area contributed by atoms with E-state index in [1.807, 2.05) is 41.5 Å². The number of hydrogen-bond acceptors (Lipinski definition) is 5. The molecule has 146 valence electrons. The molecule has 1 aliphatic heterocycles. The Morgan fingerprint density at radius 2 is 2.15 bits per heavy atom. The summed E-state index contributed by atoms with van der Waals surface area (Å²) < 4.78 is 10.9. The van der Waals surface area contributed by atoms with Crippen molar-refractivity contribution >= 4 is 12.1 Å². The third-order valence-electron chi connectivity index (χ3n) is 3.98. The lowest BCUT2D eigenvalue weighted by molar-refractivity contribution is 0.0507. The van der Waals surface area contributed by atoms with Gasteiger partial charge in [-0.25, -0.2) is 14.8 Å². The highest BCUT2D eigenvalue weighted by molar-refractivity contribution is 5.80. The van der Waals surface area contributed by atoms with E-state index in [0.717, 1.165) is 36.9 Å². The van der Waals surface area contributed by atoms with Crippen molar-refractivity contribution in [1.82, 2.24) is 20.5 Å². The number of aliphatic imine (C=N–C) groups is 1. The lowest BCUT2D eigenvalue weighted by atomic mass is 10.2. The zero-order chi connectivity index (χ0) is 19.3. The number of alkyl carbamates (subject to hydrolysis) is 1. The van der Waals surface area contributed by atoms with Gasteiger partial charge in [-0.15, -0.1) is 0 Å². The van der Waals surface area contributed by atoms with Gasteiger partial charge in [-0.05, 0) is 48.0 Å². The summed E-state index contributed by atoms with van der Waals surface area (Å²) in [5.41, 5.74) is 0.397. The van der Waals surface area contributed by atoms with E-state index in [1.54, 1.807) is 0 Å². The molecule has 2 rings (SSSR count). The zero-order valence-electron chi connectivity index (χ0n) is 16.7. The second-order valence-corrected chi connectivity index (χ2v) is 7.50. The van der Waals surface area contributed by atoms with E-state index in [0.29, 0.717) is 19.0 Å². The van der Waals surface area contributed by atoms with E-state index in [-0.39, 0.29) is 12.1 Å². The number of carbonyl (C=O) groups is 1. The van der Waals surface area contributed by atoms with Crippen molar-refractivity contribution in [1.29, 1.82) is 0 Å². The third-order valence-corrected chi connectivity index (χ3v) is 3.98. The van der Waals surface area contributed by atoms with Crippen LogP contribution in [0, 0.1) is 13.8 Å². The number of amides is 1. The molecule has 2 heterocycles. The summed E-state index contributed by atoms with van der Waals surface area (Å²) in [6.45, 7) is 14.1. The minimum atomic E-state index is -0.495. The molecule has 2 N–H and O–H groups in total. The first kappa shape index (κ1) is 20.1. The Morgan fingerprint density at radius 1 is 1.42 bits per heavy atom. The summed E-state index contributed by atoms with van der Waals surface area (Å²) in [6.07, 6.45) is 0.470. The number of rotatable bonds is 4. The summed E-state index contributed by atoms with van der Waals surface area (Å²) in [5.74, 6) is 2.23. The van der Waals surface area contributed by atoms with E-state index >= 15 is 0 Å². The van der Waals surface area contributed by atoms with Crippen LogP contribution in [0.15, 0.2) is 9.41 Å². The number of likely N-dealkylation sites (tertiary alicyclic amines) is 1. The van der Waals surface area contributed by atoms with Crippen LogP contribution >= 0.6 is 0 Å². The maximum atomic E-state index is 11.9. The predicted octanol–water partition coefficient (Wildman–Crippen LogP) is 2.36. The first-order valence-corrected chi connectivity index (χ1v) is 9.13. The molecule has 1 unspecified atom stereocenters. The van der Waals surface area contributed by atoms with Crippen molar-refractivity contribution in [2.24, 2.45) is 4.99 Å². The summed E-state index contributed by atoms with van der Waals surface area (Å²) in [4.78, 5) is 23.1. The number of carbonyl (C=O) groups excluding carboxylic acids is 1. The van der Waals surface area contributed by atoms with E-state index in [9.17, 15) is 4.79 Å². The normalized spacial score (nSPS) is 18.2. The Hall–Kier alpha value is -2.25.